The Morgan fingerprint density at radius 1 is 1.23 bits per heavy atom. The van der Waals surface area contributed by atoms with E-state index < -0.39 is 0 Å². The lowest BCUT2D eigenvalue weighted by Gasteiger charge is -2.02. The summed E-state index contributed by atoms with van der Waals surface area (Å²) in [6.45, 7) is 3.90. The number of hydrogen-bond acceptors (Lipinski definition) is 1. The van der Waals surface area contributed by atoms with Gasteiger partial charge in [0, 0.05) is 13.2 Å². The molecule has 0 unspecified atom stereocenters. The van der Waals surface area contributed by atoms with E-state index in [2.05, 4.69) is 25.1 Å². The van der Waals surface area contributed by atoms with Gasteiger partial charge in [0.15, 0.2) is 0 Å². The second-order valence-corrected chi connectivity index (χ2v) is 3.12. The van der Waals surface area contributed by atoms with Crippen LogP contribution < -0.4 is 0 Å². The van der Waals surface area contributed by atoms with Gasteiger partial charge in [-0.15, -0.1) is 0 Å². The molecule has 1 nitrogen and oxygen atoms in total. The van der Waals surface area contributed by atoms with Crippen LogP contribution in [0.3, 0.4) is 0 Å². The van der Waals surface area contributed by atoms with E-state index in [0.717, 1.165) is 32.5 Å². The Balaban J connectivity index is 2.07. The van der Waals surface area contributed by atoms with E-state index in [1.54, 1.807) is 0 Å². The first-order chi connectivity index (χ1) is 6.43. The summed E-state index contributed by atoms with van der Waals surface area (Å²) < 4.78 is 5.40. The molecule has 0 aliphatic rings. The molecule has 0 aliphatic heterocycles. The Bertz CT molecular complexity index is 206. The molecule has 0 atom stereocenters. The van der Waals surface area contributed by atoms with Crippen molar-refractivity contribution in [2.24, 2.45) is 0 Å². The van der Waals surface area contributed by atoms with E-state index in [4.69, 9.17) is 4.74 Å². The van der Waals surface area contributed by atoms with Gasteiger partial charge in [-0.25, -0.2) is 0 Å². The van der Waals surface area contributed by atoms with Gasteiger partial charge >= 0.3 is 0 Å². The quantitative estimate of drug-likeness (QED) is 0.607. The lowest BCUT2D eigenvalue weighted by atomic mass is 10.1. The molecule has 0 aliphatic carbocycles. The average molecular weight is 177 g/mol. The zero-order valence-electron chi connectivity index (χ0n) is 8.25. The molecule has 1 heteroatoms. The Labute approximate surface area is 80.7 Å². The molecule has 1 aromatic rings. The Kier molecular flexibility index (Phi) is 5.27. The summed E-state index contributed by atoms with van der Waals surface area (Å²) in [4.78, 5) is 0. The Morgan fingerprint density at radius 2 is 2.00 bits per heavy atom. The number of hydrogen-bond donors (Lipinski definition) is 0. The fourth-order valence-corrected chi connectivity index (χ4v) is 1.21. The molecule has 0 N–H and O–H groups in total. The van der Waals surface area contributed by atoms with Gasteiger partial charge in [0.2, 0.25) is 0 Å². The van der Waals surface area contributed by atoms with Gasteiger partial charge in [-0.1, -0.05) is 31.2 Å². The van der Waals surface area contributed by atoms with Crippen molar-refractivity contribution >= 4 is 0 Å². The van der Waals surface area contributed by atoms with Crippen LogP contribution >= 0.6 is 0 Å². The molecule has 1 radical (unpaired) electrons. The van der Waals surface area contributed by atoms with Crippen molar-refractivity contribution in [1.29, 1.82) is 0 Å². The normalized spacial score (nSPS) is 10.2. The summed E-state index contributed by atoms with van der Waals surface area (Å²) in [5.74, 6) is 0. The van der Waals surface area contributed by atoms with Crippen LogP contribution in [0.25, 0.3) is 0 Å². The second-order valence-electron chi connectivity index (χ2n) is 3.12. The van der Waals surface area contributed by atoms with Crippen LogP contribution in [0.4, 0.5) is 0 Å². The number of benzene rings is 1. The molecule has 0 fully saturated rings. The first-order valence-electron chi connectivity index (χ1n) is 4.96. The maximum absolute atomic E-state index is 5.40. The van der Waals surface area contributed by atoms with E-state index in [9.17, 15) is 0 Å². The van der Waals surface area contributed by atoms with Gasteiger partial charge in [0.1, 0.15) is 0 Å². The molecule has 0 saturated carbocycles. The van der Waals surface area contributed by atoms with Crippen molar-refractivity contribution in [3.8, 4) is 0 Å². The molecule has 0 heterocycles. The first kappa shape index (κ1) is 10.3. The third kappa shape index (κ3) is 4.69. The highest BCUT2D eigenvalue weighted by atomic mass is 16.5. The van der Waals surface area contributed by atoms with E-state index >= 15 is 0 Å². The van der Waals surface area contributed by atoms with Crippen molar-refractivity contribution in [3.63, 3.8) is 0 Å². The van der Waals surface area contributed by atoms with E-state index in [-0.39, 0.29) is 0 Å². The van der Waals surface area contributed by atoms with Gasteiger partial charge in [-0.05, 0) is 30.9 Å². The van der Waals surface area contributed by atoms with Gasteiger partial charge in [-0.3, -0.25) is 0 Å². The van der Waals surface area contributed by atoms with Gasteiger partial charge in [0.05, 0.1) is 0 Å². The van der Waals surface area contributed by atoms with Crippen LogP contribution in [0.5, 0.6) is 0 Å². The summed E-state index contributed by atoms with van der Waals surface area (Å²) >= 11 is 0. The summed E-state index contributed by atoms with van der Waals surface area (Å²) in [5, 5.41) is 0. The molecule has 1 rings (SSSR count). The molecule has 0 amide bonds. The summed E-state index contributed by atoms with van der Waals surface area (Å²) in [6.07, 6.45) is 3.34. The minimum Gasteiger partial charge on any atom is -0.381 e. The number of aryl methyl sites for hydroxylation is 1. The highest BCUT2D eigenvalue weighted by molar-refractivity contribution is 5.13. The zero-order valence-corrected chi connectivity index (χ0v) is 8.25. The van der Waals surface area contributed by atoms with Crippen molar-refractivity contribution in [2.75, 3.05) is 13.2 Å². The summed E-state index contributed by atoms with van der Waals surface area (Å²) in [7, 11) is 0. The van der Waals surface area contributed by atoms with Gasteiger partial charge in [0.25, 0.3) is 0 Å². The minimum atomic E-state index is 0.881. The largest absolute Gasteiger partial charge is 0.381 e. The zero-order chi connectivity index (χ0) is 9.36. The third-order valence-corrected chi connectivity index (χ3v) is 1.89. The van der Waals surface area contributed by atoms with Crippen LogP contribution in [-0.4, -0.2) is 13.2 Å². The number of ether oxygens (including phenoxy) is 1. The monoisotopic (exact) mass is 177 g/mol. The van der Waals surface area contributed by atoms with Crippen molar-refractivity contribution in [2.45, 2.75) is 26.2 Å². The van der Waals surface area contributed by atoms with Crippen LogP contribution in [0.2, 0.25) is 0 Å². The average Bonchev–Trinajstić information content (AvgIpc) is 2.19. The summed E-state index contributed by atoms with van der Waals surface area (Å²) in [6, 6.07) is 11.2. The lowest BCUT2D eigenvalue weighted by Crippen LogP contribution is -1.97. The third-order valence-electron chi connectivity index (χ3n) is 1.89. The van der Waals surface area contributed by atoms with Gasteiger partial charge < -0.3 is 4.74 Å². The standard InChI is InChI=1S/C12H17O/c1-2-10-13-11-6-9-12-7-4-3-5-8-12/h4-5,7-8H,2,6,9-11H2,1H3. The van der Waals surface area contributed by atoms with Crippen molar-refractivity contribution in [1.82, 2.24) is 0 Å². The van der Waals surface area contributed by atoms with Crippen molar-refractivity contribution < 1.29 is 4.74 Å². The SMILES string of the molecule is CCCOCCCc1cc[c]cc1. The molecule has 71 valence electrons. The highest BCUT2D eigenvalue weighted by Crippen LogP contribution is 2.01. The topological polar surface area (TPSA) is 9.23 Å². The smallest absolute Gasteiger partial charge is 0.0469 e. The van der Waals surface area contributed by atoms with E-state index in [1.807, 2.05) is 12.1 Å². The second kappa shape index (κ2) is 6.67. The highest BCUT2D eigenvalue weighted by Gasteiger charge is 1.91. The van der Waals surface area contributed by atoms with Crippen LogP contribution in [0, 0.1) is 6.07 Å². The lowest BCUT2D eigenvalue weighted by molar-refractivity contribution is 0.132. The minimum absolute atomic E-state index is 0.881. The molecule has 0 spiro atoms. The molecule has 0 saturated heterocycles. The molecular weight excluding hydrogens is 160 g/mol. The Hall–Kier alpha value is -0.820. The van der Waals surface area contributed by atoms with E-state index in [1.165, 1.54) is 5.56 Å². The van der Waals surface area contributed by atoms with E-state index in [0.29, 0.717) is 0 Å². The maximum Gasteiger partial charge on any atom is 0.0469 e. The number of rotatable bonds is 6. The predicted octanol–water partition coefficient (Wildman–Crippen LogP) is 2.85. The fraction of sp³-hybridized carbons (Fsp3) is 0.500. The van der Waals surface area contributed by atoms with Crippen LogP contribution in [-0.2, 0) is 11.2 Å². The van der Waals surface area contributed by atoms with Gasteiger partial charge in [-0.2, -0.15) is 0 Å². The molecule has 0 aromatic heterocycles. The Morgan fingerprint density at radius 3 is 2.69 bits per heavy atom. The fourth-order valence-electron chi connectivity index (χ4n) is 1.21. The predicted molar refractivity (Wildman–Crippen MR) is 54.7 cm³/mol. The first-order valence-corrected chi connectivity index (χ1v) is 4.96. The molecule has 1 aromatic carbocycles. The molecule has 0 bridgehead atoms. The maximum atomic E-state index is 5.40. The molecular formula is C12H17O. The van der Waals surface area contributed by atoms with Crippen LogP contribution in [0.15, 0.2) is 24.3 Å². The summed E-state index contributed by atoms with van der Waals surface area (Å²) in [5.41, 5.74) is 1.37. The molecule has 13 heavy (non-hydrogen) atoms. The van der Waals surface area contributed by atoms with Crippen LogP contribution in [0.1, 0.15) is 25.3 Å². The van der Waals surface area contributed by atoms with Crippen molar-refractivity contribution in [3.05, 3.63) is 35.9 Å².